The van der Waals surface area contributed by atoms with E-state index >= 15 is 0 Å². The number of aromatic nitrogens is 2. The third-order valence-corrected chi connectivity index (χ3v) is 6.41. The van der Waals surface area contributed by atoms with Gasteiger partial charge in [0.05, 0.1) is 16.7 Å². The van der Waals surface area contributed by atoms with E-state index in [-0.39, 0.29) is 22.7 Å². The number of rotatable bonds is 4. The molecule has 4 heterocycles. The summed E-state index contributed by atoms with van der Waals surface area (Å²) in [5.74, 6) is 0. The van der Waals surface area contributed by atoms with Gasteiger partial charge in [-0.05, 0) is 36.4 Å². The van der Waals surface area contributed by atoms with Crippen LogP contribution in [0.15, 0.2) is 72.0 Å². The van der Waals surface area contributed by atoms with E-state index in [0.717, 1.165) is 28.8 Å². The van der Waals surface area contributed by atoms with Gasteiger partial charge in [-0.25, -0.2) is 0 Å². The van der Waals surface area contributed by atoms with Crippen molar-refractivity contribution in [3.63, 3.8) is 0 Å². The maximum atomic E-state index is 11.0. The first kappa shape index (κ1) is 17.9. The molecule has 0 amide bonds. The normalized spacial score (nSPS) is 23.1. The van der Waals surface area contributed by atoms with Crippen molar-refractivity contribution in [2.24, 2.45) is 4.99 Å². The van der Waals surface area contributed by atoms with Crippen LogP contribution in [0.4, 0.5) is 5.69 Å². The van der Waals surface area contributed by atoms with Gasteiger partial charge in [0.25, 0.3) is 5.69 Å². The summed E-state index contributed by atoms with van der Waals surface area (Å²) in [5, 5.41) is 12.6. The largest absolute Gasteiger partial charge is 0.339 e. The van der Waals surface area contributed by atoms with E-state index < -0.39 is 0 Å². The summed E-state index contributed by atoms with van der Waals surface area (Å²) in [6, 6.07) is 16.7. The monoisotopic (exact) mass is 405 g/mol. The molecule has 0 N–H and O–H groups in total. The zero-order chi connectivity index (χ0) is 20.0. The molecule has 3 atom stereocenters. The van der Waals surface area contributed by atoms with Crippen molar-refractivity contribution in [1.29, 1.82) is 0 Å². The fourth-order valence-electron chi connectivity index (χ4n) is 4.04. The molecule has 2 aliphatic rings. The van der Waals surface area contributed by atoms with E-state index in [1.165, 1.54) is 0 Å². The number of fused-ring (bicyclic) bond motifs is 1. The highest BCUT2D eigenvalue weighted by atomic mass is 32.2. The molecule has 0 spiro atoms. The van der Waals surface area contributed by atoms with Crippen molar-refractivity contribution in [2.45, 2.75) is 24.3 Å². The summed E-state index contributed by atoms with van der Waals surface area (Å²) >= 11 is 1.81. The standard InChI is InChI=1S/C21H19N5O2S/c1-14-13-25-20(19(23-21(25)29-14)17-5-2-3-11-22-17)18-6-4-12-24(18)15-7-9-16(10-8-15)26(27)28/h2-12,14,19-20H,13H2,1H3. The minimum Gasteiger partial charge on any atom is -0.339 e. The molecule has 3 aromatic rings. The Morgan fingerprint density at radius 3 is 2.69 bits per heavy atom. The summed E-state index contributed by atoms with van der Waals surface area (Å²) < 4.78 is 2.09. The van der Waals surface area contributed by atoms with E-state index in [4.69, 9.17) is 4.99 Å². The number of non-ortho nitro benzene ring substituents is 1. The topological polar surface area (TPSA) is 76.6 Å². The number of pyridine rings is 1. The van der Waals surface area contributed by atoms with Gasteiger partial charge in [-0.15, -0.1) is 0 Å². The Morgan fingerprint density at radius 1 is 1.14 bits per heavy atom. The molecule has 1 aromatic carbocycles. The number of nitro benzene ring substituents is 1. The minimum absolute atomic E-state index is 0.0301. The van der Waals surface area contributed by atoms with Crippen LogP contribution in [0.2, 0.25) is 0 Å². The zero-order valence-corrected chi connectivity index (χ0v) is 16.6. The molecular formula is C21H19N5O2S. The lowest BCUT2D eigenvalue weighted by atomic mass is 10.0. The van der Waals surface area contributed by atoms with Gasteiger partial charge in [-0.3, -0.25) is 20.1 Å². The molecule has 8 heteroatoms. The highest BCUT2D eigenvalue weighted by molar-refractivity contribution is 8.14. The fourth-order valence-corrected chi connectivity index (χ4v) is 5.14. The third-order valence-electron chi connectivity index (χ3n) is 5.30. The van der Waals surface area contributed by atoms with Crippen molar-refractivity contribution in [3.05, 3.63) is 88.5 Å². The van der Waals surface area contributed by atoms with Crippen molar-refractivity contribution in [3.8, 4) is 5.69 Å². The predicted octanol–water partition coefficient (Wildman–Crippen LogP) is 4.37. The van der Waals surface area contributed by atoms with Crippen LogP contribution in [0, 0.1) is 10.1 Å². The van der Waals surface area contributed by atoms with Crippen LogP contribution in [-0.2, 0) is 0 Å². The van der Waals surface area contributed by atoms with Crippen LogP contribution in [0.3, 0.4) is 0 Å². The molecule has 29 heavy (non-hydrogen) atoms. The van der Waals surface area contributed by atoms with E-state index in [1.807, 2.05) is 30.5 Å². The number of hydrogen-bond acceptors (Lipinski definition) is 6. The first-order chi connectivity index (χ1) is 14.1. The van der Waals surface area contributed by atoms with Gasteiger partial charge in [0.1, 0.15) is 6.04 Å². The van der Waals surface area contributed by atoms with Crippen molar-refractivity contribution >= 4 is 22.6 Å². The van der Waals surface area contributed by atoms with Crippen LogP contribution in [-0.4, -0.2) is 36.3 Å². The zero-order valence-electron chi connectivity index (χ0n) is 15.8. The Kier molecular flexibility index (Phi) is 4.35. The van der Waals surface area contributed by atoms with Gasteiger partial charge in [-0.2, -0.15) is 0 Å². The summed E-state index contributed by atoms with van der Waals surface area (Å²) in [7, 11) is 0. The Balaban J connectivity index is 1.57. The lowest BCUT2D eigenvalue weighted by Gasteiger charge is -2.28. The number of thioether (sulfide) groups is 1. The number of hydrogen-bond donors (Lipinski definition) is 0. The predicted molar refractivity (Wildman–Crippen MR) is 113 cm³/mol. The van der Waals surface area contributed by atoms with Crippen LogP contribution < -0.4 is 0 Å². The van der Waals surface area contributed by atoms with Crippen molar-refractivity contribution in [1.82, 2.24) is 14.5 Å². The van der Waals surface area contributed by atoms with E-state index in [1.54, 1.807) is 42.2 Å². The Morgan fingerprint density at radius 2 is 1.97 bits per heavy atom. The highest BCUT2D eigenvalue weighted by Gasteiger charge is 2.44. The molecule has 0 bridgehead atoms. The molecule has 1 saturated heterocycles. The second-order valence-corrected chi connectivity index (χ2v) is 8.62. The summed E-state index contributed by atoms with van der Waals surface area (Å²) in [5.41, 5.74) is 3.03. The first-order valence-corrected chi connectivity index (χ1v) is 10.3. The van der Waals surface area contributed by atoms with Gasteiger partial charge in [0.2, 0.25) is 0 Å². The van der Waals surface area contributed by atoms with Gasteiger partial charge >= 0.3 is 0 Å². The second-order valence-electron chi connectivity index (χ2n) is 7.21. The summed E-state index contributed by atoms with van der Waals surface area (Å²) in [4.78, 5) is 22.6. The maximum Gasteiger partial charge on any atom is 0.269 e. The van der Waals surface area contributed by atoms with Crippen LogP contribution in [0.5, 0.6) is 0 Å². The Bertz CT molecular complexity index is 1080. The lowest BCUT2D eigenvalue weighted by Crippen LogP contribution is -2.30. The van der Waals surface area contributed by atoms with Gasteiger partial charge in [0.15, 0.2) is 5.17 Å². The van der Waals surface area contributed by atoms with Gasteiger partial charge in [0, 0.05) is 47.7 Å². The molecular weight excluding hydrogens is 386 g/mol. The first-order valence-electron chi connectivity index (χ1n) is 9.46. The number of nitrogens with zero attached hydrogens (tertiary/aromatic N) is 5. The minimum atomic E-state index is -0.378. The number of nitro groups is 1. The van der Waals surface area contributed by atoms with E-state index in [2.05, 4.69) is 27.4 Å². The van der Waals surface area contributed by atoms with E-state index in [9.17, 15) is 10.1 Å². The quantitative estimate of drug-likeness (QED) is 0.476. The molecule has 0 radical (unpaired) electrons. The molecule has 1 fully saturated rings. The molecule has 7 nitrogen and oxygen atoms in total. The lowest BCUT2D eigenvalue weighted by molar-refractivity contribution is -0.384. The summed E-state index contributed by atoms with van der Waals surface area (Å²) in [6.07, 6.45) is 3.80. The summed E-state index contributed by atoms with van der Waals surface area (Å²) in [6.45, 7) is 3.15. The van der Waals surface area contributed by atoms with Crippen molar-refractivity contribution in [2.75, 3.05) is 6.54 Å². The Labute approximate surface area is 172 Å². The smallest absolute Gasteiger partial charge is 0.269 e. The average molecular weight is 405 g/mol. The molecule has 2 aliphatic heterocycles. The van der Waals surface area contributed by atoms with Crippen molar-refractivity contribution < 1.29 is 4.92 Å². The van der Waals surface area contributed by atoms with Gasteiger partial charge < -0.3 is 9.47 Å². The number of aliphatic imine (C=N–C) groups is 1. The van der Waals surface area contributed by atoms with Crippen LogP contribution in [0.1, 0.15) is 30.4 Å². The highest BCUT2D eigenvalue weighted by Crippen LogP contribution is 2.47. The average Bonchev–Trinajstić information content (AvgIpc) is 3.42. The second kappa shape index (κ2) is 7.04. The molecule has 0 aliphatic carbocycles. The molecule has 2 aromatic heterocycles. The maximum absolute atomic E-state index is 11.0. The third kappa shape index (κ3) is 3.09. The SMILES string of the molecule is CC1CN2C(=NC(c3ccccn3)C2c2cccn2-c2ccc([N+](=O)[O-])cc2)S1. The van der Waals surface area contributed by atoms with Crippen LogP contribution >= 0.6 is 11.8 Å². The molecule has 146 valence electrons. The number of benzene rings is 1. The Hall–Kier alpha value is -3.13. The molecule has 3 unspecified atom stereocenters. The molecule has 5 rings (SSSR count). The molecule has 0 saturated carbocycles. The van der Waals surface area contributed by atoms with Crippen LogP contribution in [0.25, 0.3) is 5.69 Å². The fraction of sp³-hybridized carbons (Fsp3) is 0.238. The van der Waals surface area contributed by atoms with Gasteiger partial charge in [-0.1, -0.05) is 24.8 Å². The number of amidine groups is 1. The van der Waals surface area contributed by atoms with E-state index in [0.29, 0.717) is 5.25 Å².